The summed E-state index contributed by atoms with van der Waals surface area (Å²) in [6.45, 7) is 0. The Kier molecular flexibility index (Phi) is 9.01. The molecule has 0 fully saturated rings. The molecule has 0 saturated carbocycles. The first kappa shape index (κ1) is 37.6. The fourth-order valence-electron chi connectivity index (χ4n) is 9.98. The van der Waals surface area contributed by atoms with Crippen LogP contribution in [-0.2, 0) is 0 Å². The van der Waals surface area contributed by atoms with Gasteiger partial charge in [0.1, 0.15) is 0 Å². The molecule has 12 rings (SSSR count). The Bertz CT molecular complexity index is 3750. The molecule has 0 unspecified atom stereocenters. The van der Waals surface area contributed by atoms with Crippen LogP contribution < -0.4 is 0 Å². The molecule has 11 aromatic rings. The van der Waals surface area contributed by atoms with Gasteiger partial charge in [-0.3, -0.25) is 8.63 Å². The molecule has 0 radical (unpaired) electrons. The number of aliphatic imine (C=N–C) groups is 1. The van der Waals surface area contributed by atoms with E-state index in [2.05, 4.69) is 127 Å². The monoisotopic (exact) mass is 822 g/mol. The minimum absolute atomic E-state index is 0.398. The van der Waals surface area contributed by atoms with Gasteiger partial charge in [-0.25, -0.2) is 4.99 Å². The van der Waals surface area contributed by atoms with Gasteiger partial charge < -0.3 is 4.48 Å². The SMILES string of the molecule is FB(F)n1c(-c2cccc3ccccc23)cc(-c2cccc3ccccc23)c1/C(=C1\N=C(c2cccc3ccccc23)C=C1c1cccc2ccccc12)c1cccc2ccccc12. The third-order valence-corrected chi connectivity index (χ3v) is 12.8. The number of halogens is 2. The maximum absolute atomic E-state index is 16.9. The molecule has 0 atom stereocenters. The number of hydrogen-bond donors (Lipinski definition) is 0. The number of nitrogens with zero attached hydrogens (tertiary/aromatic N) is 2. The summed E-state index contributed by atoms with van der Waals surface area (Å²) in [7, 11) is -2.92. The molecular weight excluding hydrogens is 785 g/mol. The Morgan fingerprint density at radius 2 is 0.797 bits per heavy atom. The summed E-state index contributed by atoms with van der Waals surface area (Å²) < 4.78 is 35.1. The first-order chi connectivity index (χ1) is 31.6. The molecule has 2 heterocycles. The van der Waals surface area contributed by atoms with Gasteiger partial charge in [-0.2, -0.15) is 0 Å². The third-order valence-electron chi connectivity index (χ3n) is 12.8. The quantitative estimate of drug-likeness (QED) is 0.143. The lowest BCUT2D eigenvalue weighted by Crippen LogP contribution is -2.18. The third kappa shape index (κ3) is 6.12. The maximum Gasteiger partial charge on any atom is 0.678 e. The Morgan fingerprint density at radius 3 is 1.36 bits per heavy atom. The van der Waals surface area contributed by atoms with E-state index in [1.807, 2.05) is 97.1 Å². The van der Waals surface area contributed by atoms with E-state index in [0.29, 0.717) is 28.2 Å². The van der Waals surface area contributed by atoms with Gasteiger partial charge >= 0.3 is 7.40 Å². The zero-order valence-electron chi connectivity index (χ0n) is 34.6. The van der Waals surface area contributed by atoms with Crippen molar-refractivity contribution in [2.75, 3.05) is 0 Å². The van der Waals surface area contributed by atoms with Crippen LogP contribution in [0.4, 0.5) is 8.63 Å². The molecule has 0 aliphatic carbocycles. The highest BCUT2D eigenvalue weighted by Crippen LogP contribution is 2.49. The second-order valence-electron chi connectivity index (χ2n) is 16.4. The number of rotatable bonds is 7. The lowest BCUT2D eigenvalue weighted by atomic mass is 9.86. The van der Waals surface area contributed by atoms with Gasteiger partial charge in [0.05, 0.1) is 17.1 Å². The second kappa shape index (κ2) is 15.3. The molecule has 0 spiro atoms. The topological polar surface area (TPSA) is 17.3 Å². The summed E-state index contributed by atoms with van der Waals surface area (Å²) in [4.78, 5) is 5.71. The number of aromatic nitrogens is 1. The van der Waals surface area contributed by atoms with Gasteiger partial charge in [0.2, 0.25) is 0 Å². The Morgan fingerprint density at radius 1 is 0.391 bits per heavy atom. The Hall–Kier alpha value is -8.15. The normalized spacial score (nSPS) is 13.5. The average Bonchev–Trinajstić information content (AvgIpc) is 3.96. The molecule has 0 saturated heterocycles. The zero-order valence-corrected chi connectivity index (χ0v) is 34.6. The van der Waals surface area contributed by atoms with E-state index in [9.17, 15) is 0 Å². The second-order valence-corrected chi connectivity index (χ2v) is 16.4. The van der Waals surface area contributed by atoms with Gasteiger partial charge in [0.15, 0.2) is 0 Å². The van der Waals surface area contributed by atoms with Crippen LogP contribution in [0.15, 0.2) is 235 Å². The smallest absolute Gasteiger partial charge is 0.324 e. The van der Waals surface area contributed by atoms with E-state index in [1.165, 1.54) is 4.48 Å². The maximum atomic E-state index is 16.9. The van der Waals surface area contributed by atoms with E-state index in [0.717, 1.165) is 93.0 Å². The predicted molar refractivity (Wildman–Crippen MR) is 266 cm³/mol. The molecule has 5 heteroatoms. The molecule has 0 amide bonds. The van der Waals surface area contributed by atoms with E-state index in [4.69, 9.17) is 4.99 Å². The molecule has 64 heavy (non-hydrogen) atoms. The molecule has 10 aromatic carbocycles. The van der Waals surface area contributed by atoms with Gasteiger partial charge in [-0.05, 0) is 82.7 Å². The molecule has 1 aliphatic rings. The van der Waals surface area contributed by atoms with Crippen molar-refractivity contribution in [1.29, 1.82) is 0 Å². The van der Waals surface area contributed by atoms with Gasteiger partial charge in [0.25, 0.3) is 0 Å². The van der Waals surface area contributed by atoms with E-state index >= 15 is 8.63 Å². The molecule has 1 aliphatic heterocycles. The highest BCUT2D eigenvalue weighted by atomic mass is 19.2. The van der Waals surface area contributed by atoms with E-state index < -0.39 is 7.40 Å². The van der Waals surface area contributed by atoms with Crippen molar-refractivity contribution in [1.82, 2.24) is 4.48 Å². The summed E-state index contributed by atoms with van der Waals surface area (Å²) >= 11 is 0. The lowest BCUT2D eigenvalue weighted by Gasteiger charge is -2.21. The van der Waals surface area contributed by atoms with Crippen LogP contribution >= 0.6 is 0 Å². The van der Waals surface area contributed by atoms with Crippen molar-refractivity contribution in [2.24, 2.45) is 4.99 Å². The summed E-state index contributed by atoms with van der Waals surface area (Å²) in [6.07, 6.45) is 2.17. The molecule has 1 aromatic heterocycles. The fraction of sp³-hybridized carbons (Fsp3) is 0. The van der Waals surface area contributed by atoms with Crippen molar-refractivity contribution < 1.29 is 8.63 Å². The van der Waals surface area contributed by atoms with Crippen molar-refractivity contribution in [3.8, 4) is 22.4 Å². The largest absolute Gasteiger partial charge is 0.678 e. The molecule has 0 bridgehead atoms. The van der Waals surface area contributed by atoms with Crippen LogP contribution in [0.2, 0.25) is 0 Å². The average molecular weight is 823 g/mol. The number of hydrogen-bond acceptors (Lipinski definition) is 1. The highest BCUT2D eigenvalue weighted by molar-refractivity contribution is 6.43. The van der Waals surface area contributed by atoms with Crippen molar-refractivity contribution >= 4 is 78.1 Å². The van der Waals surface area contributed by atoms with Crippen molar-refractivity contribution in [3.05, 3.63) is 253 Å². The predicted octanol–water partition coefficient (Wildman–Crippen LogP) is 15.7. The number of benzene rings is 10. The highest BCUT2D eigenvalue weighted by Gasteiger charge is 2.35. The number of fused-ring (bicyclic) bond motifs is 5. The first-order valence-electron chi connectivity index (χ1n) is 21.6. The van der Waals surface area contributed by atoms with Crippen LogP contribution in [0, 0.1) is 0 Å². The molecule has 0 N–H and O–H groups in total. The Labute approximate surface area is 369 Å². The zero-order chi connectivity index (χ0) is 42.7. The number of allylic oxidation sites excluding steroid dienone is 2. The summed E-state index contributed by atoms with van der Waals surface area (Å²) in [5.41, 5.74) is 8.74. The summed E-state index contributed by atoms with van der Waals surface area (Å²) in [5.74, 6) is 0. The molecular formula is C59H37BF2N2. The van der Waals surface area contributed by atoms with Crippen LogP contribution in [0.5, 0.6) is 0 Å². The van der Waals surface area contributed by atoms with Gasteiger partial charge in [0, 0.05) is 33.5 Å². The molecule has 300 valence electrons. The summed E-state index contributed by atoms with van der Waals surface area (Å²) in [5, 5.41) is 10.1. The van der Waals surface area contributed by atoms with Crippen LogP contribution in [-0.4, -0.2) is 17.6 Å². The molecule has 2 nitrogen and oxygen atoms in total. The lowest BCUT2D eigenvalue weighted by molar-refractivity contribution is 0.630. The minimum atomic E-state index is -2.92. The van der Waals surface area contributed by atoms with Gasteiger partial charge in [-0.1, -0.05) is 212 Å². The minimum Gasteiger partial charge on any atom is -0.324 e. The van der Waals surface area contributed by atoms with E-state index in [-0.39, 0.29) is 0 Å². The fourth-order valence-corrected chi connectivity index (χ4v) is 9.98. The van der Waals surface area contributed by atoms with Crippen LogP contribution in [0.1, 0.15) is 22.4 Å². The summed E-state index contributed by atoms with van der Waals surface area (Å²) in [6, 6.07) is 74.1. The van der Waals surface area contributed by atoms with Crippen LogP contribution in [0.25, 0.3) is 87.4 Å². The van der Waals surface area contributed by atoms with Gasteiger partial charge in [-0.15, -0.1) is 0 Å². The standard InChI is InChI=1S/C59H37BF2N2/c61-60(62)64-56(51-34-14-24-41-19-4-9-29-46(41)51)37-54(49-32-12-22-39-17-2-7-27-44(39)49)59(64)57(52-35-15-25-42-20-5-10-30-47(42)52)58-53(48-31-11-21-38-16-1-6-26-43(38)48)36-55(63-58)50-33-13-23-40-18-3-8-28-45(40)50/h1-37H/b58-57-. The Balaban J connectivity index is 1.30. The van der Waals surface area contributed by atoms with Crippen molar-refractivity contribution in [3.63, 3.8) is 0 Å². The van der Waals surface area contributed by atoms with E-state index in [1.54, 1.807) is 0 Å². The van der Waals surface area contributed by atoms with Crippen LogP contribution in [0.3, 0.4) is 0 Å². The van der Waals surface area contributed by atoms with Crippen molar-refractivity contribution in [2.45, 2.75) is 0 Å². The first-order valence-corrected chi connectivity index (χ1v) is 21.6.